The Morgan fingerprint density at radius 2 is 1.97 bits per heavy atom. The molecule has 1 amide bonds. The van der Waals surface area contributed by atoms with Crippen LogP contribution in [0.25, 0.3) is 0 Å². The van der Waals surface area contributed by atoms with Crippen LogP contribution in [-0.2, 0) is 19.0 Å². The third-order valence-electron chi connectivity index (χ3n) is 6.72. The fourth-order valence-electron chi connectivity index (χ4n) is 5.56. The van der Waals surface area contributed by atoms with Crippen LogP contribution in [0.15, 0.2) is 0 Å². The molecule has 2 heterocycles. The van der Waals surface area contributed by atoms with E-state index in [1.807, 2.05) is 20.8 Å². The standard InChI is InChI=1S/C23H42BN2O5S/c1-8-9-18-13-15(2)12-16(3)24(18)26-20(21(28)31-24)11-10-19(32-17(4)27)14-25-22(29)30-23(5,6)7/h15-16,18-20,26H,8-14H2,1-7H3,(H,25,29)/q-1. The molecule has 0 aromatic rings. The van der Waals surface area contributed by atoms with Gasteiger partial charge in [-0.3, -0.25) is 9.59 Å². The number of carbonyl (C=O) groups excluding carboxylic acids is 3. The average Bonchev–Trinajstić information content (AvgIpc) is 2.98. The van der Waals surface area contributed by atoms with Gasteiger partial charge in [0, 0.05) is 18.7 Å². The summed E-state index contributed by atoms with van der Waals surface area (Å²) in [6.45, 7) is 12.5. The van der Waals surface area contributed by atoms with Gasteiger partial charge in [-0.15, -0.1) is 11.6 Å². The van der Waals surface area contributed by atoms with Crippen molar-refractivity contribution in [2.24, 2.45) is 5.92 Å². The summed E-state index contributed by atoms with van der Waals surface area (Å²) in [5.74, 6) is 1.17. The van der Waals surface area contributed by atoms with Gasteiger partial charge in [0.2, 0.25) is 6.48 Å². The summed E-state index contributed by atoms with van der Waals surface area (Å²) < 4.78 is 11.4. The molecule has 9 heteroatoms. The van der Waals surface area contributed by atoms with E-state index >= 15 is 0 Å². The number of hydrogen-bond acceptors (Lipinski definition) is 7. The van der Waals surface area contributed by atoms with Crippen LogP contribution in [0.5, 0.6) is 0 Å². The van der Waals surface area contributed by atoms with Crippen molar-refractivity contribution < 1.29 is 23.8 Å². The van der Waals surface area contributed by atoms with E-state index in [0.29, 0.717) is 36.9 Å². The van der Waals surface area contributed by atoms with Crippen LogP contribution >= 0.6 is 11.8 Å². The molecule has 2 aliphatic heterocycles. The topological polar surface area (TPSA) is 93.7 Å². The smallest absolute Gasteiger partial charge is 0.407 e. The number of alkyl carbamates (subject to hydrolysis) is 1. The minimum atomic E-state index is -1.39. The molecular formula is C23H42BN2O5S-. The summed E-state index contributed by atoms with van der Waals surface area (Å²) in [4.78, 5) is 36.6. The van der Waals surface area contributed by atoms with Crippen LogP contribution in [0, 0.1) is 5.92 Å². The lowest BCUT2D eigenvalue weighted by Gasteiger charge is -2.53. The molecule has 184 valence electrons. The molecule has 0 aromatic heterocycles. The van der Waals surface area contributed by atoms with E-state index in [4.69, 9.17) is 9.39 Å². The summed E-state index contributed by atoms with van der Waals surface area (Å²) in [6, 6.07) is -0.359. The molecule has 0 bridgehead atoms. The number of carbonyl (C=O) groups is 3. The first-order chi connectivity index (χ1) is 14.9. The third kappa shape index (κ3) is 7.40. The summed E-state index contributed by atoms with van der Waals surface area (Å²) in [7, 11) is 0. The first kappa shape index (κ1) is 27.0. The van der Waals surface area contributed by atoms with Gasteiger partial charge < -0.3 is 19.9 Å². The van der Waals surface area contributed by atoms with E-state index < -0.39 is 18.2 Å². The van der Waals surface area contributed by atoms with E-state index in [9.17, 15) is 14.4 Å². The number of ether oxygens (including phenoxy) is 1. The van der Waals surface area contributed by atoms with Crippen LogP contribution in [-0.4, -0.2) is 47.1 Å². The molecule has 0 aromatic carbocycles. The Morgan fingerprint density at radius 1 is 1.28 bits per heavy atom. The van der Waals surface area contributed by atoms with Crippen LogP contribution in [0.4, 0.5) is 4.79 Å². The largest absolute Gasteiger partial charge is 0.673 e. The Balaban J connectivity index is 1.99. The van der Waals surface area contributed by atoms with Crippen LogP contribution in [0.2, 0.25) is 11.6 Å². The van der Waals surface area contributed by atoms with Gasteiger partial charge >= 0.3 is 6.09 Å². The van der Waals surface area contributed by atoms with E-state index in [-0.39, 0.29) is 22.4 Å². The Labute approximate surface area is 197 Å². The molecule has 0 radical (unpaired) electrons. The zero-order valence-electron chi connectivity index (χ0n) is 20.9. The van der Waals surface area contributed by atoms with Crippen molar-refractivity contribution in [3.8, 4) is 0 Å². The second-order valence-corrected chi connectivity index (χ2v) is 12.3. The van der Waals surface area contributed by atoms with Crippen molar-refractivity contribution in [3.63, 3.8) is 0 Å². The second-order valence-electron chi connectivity index (χ2n) is 10.9. The van der Waals surface area contributed by atoms with Gasteiger partial charge in [-0.25, -0.2) is 4.79 Å². The number of thioether (sulfide) groups is 1. The highest BCUT2D eigenvalue weighted by Gasteiger charge is 2.51. The maximum Gasteiger partial charge on any atom is 0.407 e. The molecule has 2 fully saturated rings. The molecule has 2 rings (SSSR count). The van der Waals surface area contributed by atoms with Crippen molar-refractivity contribution in [1.29, 1.82) is 0 Å². The maximum atomic E-state index is 12.8. The highest BCUT2D eigenvalue weighted by molar-refractivity contribution is 8.14. The van der Waals surface area contributed by atoms with Crippen molar-refractivity contribution in [1.82, 2.24) is 10.5 Å². The number of amides is 1. The maximum absolute atomic E-state index is 12.8. The fourth-order valence-corrected chi connectivity index (χ4v) is 6.45. The first-order valence-corrected chi connectivity index (χ1v) is 13.0. The second kappa shape index (κ2) is 11.3. The molecule has 2 N–H and O–H groups in total. The molecule has 7 nitrogen and oxygen atoms in total. The van der Waals surface area contributed by atoms with Crippen LogP contribution < -0.4 is 10.5 Å². The van der Waals surface area contributed by atoms with Gasteiger partial charge in [0.05, 0.1) is 6.04 Å². The van der Waals surface area contributed by atoms with Gasteiger partial charge in [-0.1, -0.05) is 58.2 Å². The quantitative estimate of drug-likeness (QED) is 0.489. The Hall–Kier alpha value is -1.22. The summed E-state index contributed by atoms with van der Waals surface area (Å²) in [6.07, 6.45) is 4.98. The van der Waals surface area contributed by atoms with Crippen molar-refractivity contribution in [2.45, 2.75) is 116 Å². The molecule has 2 saturated heterocycles. The van der Waals surface area contributed by atoms with E-state index in [1.165, 1.54) is 18.7 Å². The molecule has 32 heavy (non-hydrogen) atoms. The van der Waals surface area contributed by atoms with Crippen molar-refractivity contribution in [2.75, 3.05) is 6.54 Å². The Morgan fingerprint density at radius 3 is 2.56 bits per heavy atom. The number of rotatable bonds is 8. The van der Waals surface area contributed by atoms with Crippen LogP contribution in [0.1, 0.15) is 87.0 Å². The molecule has 0 aliphatic carbocycles. The average molecular weight is 469 g/mol. The third-order valence-corrected chi connectivity index (χ3v) is 7.79. The molecule has 6 atom stereocenters. The number of nitrogens with one attached hydrogen (secondary N) is 2. The summed E-state index contributed by atoms with van der Waals surface area (Å²) in [5, 5.41) is 6.26. The monoisotopic (exact) mass is 469 g/mol. The normalized spacial score (nSPS) is 31.3. The van der Waals surface area contributed by atoms with Crippen molar-refractivity contribution >= 4 is 35.4 Å². The van der Waals surface area contributed by atoms with Gasteiger partial charge in [-0.2, -0.15) is 0 Å². The predicted molar refractivity (Wildman–Crippen MR) is 131 cm³/mol. The number of hydrogen-bond donors (Lipinski definition) is 2. The van der Waals surface area contributed by atoms with E-state index in [0.717, 1.165) is 25.7 Å². The molecule has 1 spiro atoms. The highest BCUT2D eigenvalue weighted by atomic mass is 32.2. The lowest BCUT2D eigenvalue weighted by Crippen LogP contribution is -2.59. The molecule has 2 aliphatic rings. The van der Waals surface area contributed by atoms with Gasteiger partial charge in [0.25, 0.3) is 5.97 Å². The lowest BCUT2D eigenvalue weighted by atomic mass is 9.30. The van der Waals surface area contributed by atoms with Crippen molar-refractivity contribution in [3.05, 3.63) is 0 Å². The van der Waals surface area contributed by atoms with Gasteiger partial charge in [0.1, 0.15) is 5.60 Å². The highest BCUT2D eigenvalue weighted by Crippen LogP contribution is 2.50. The zero-order chi connectivity index (χ0) is 24.1. The summed E-state index contributed by atoms with van der Waals surface area (Å²) >= 11 is 1.20. The SMILES string of the molecule is CCCC1CC(C)CC(C)[B-]12NC(CCC(CNC(=O)OC(C)(C)C)SC(C)=O)C(=O)O2. The first-order valence-electron chi connectivity index (χ1n) is 12.2. The van der Waals surface area contributed by atoms with Gasteiger partial charge in [-0.05, 0) is 39.5 Å². The van der Waals surface area contributed by atoms with E-state index in [1.54, 1.807) is 0 Å². The van der Waals surface area contributed by atoms with Crippen LogP contribution in [0.3, 0.4) is 0 Å². The minimum Gasteiger partial charge on any atom is -0.673 e. The summed E-state index contributed by atoms with van der Waals surface area (Å²) in [5.41, 5.74) is -0.579. The minimum absolute atomic E-state index is 0.0125. The molecular weight excluding hydrogens is 427 g/mol. The van der Waals surface area contributed by atoms with Gasteiger partial charge in [0.15, 0.2) is 5.12 Å². The van der Waals surface area contributed by atoms with E-state index in [2.05, 4.69) is 31.3 Å². The molecule has 0 saturated carbocycles. The molecule has 6 unspecified atom stereocenters. The fraction of sp³-hybridized carbons (Fsp3) is 0.870. The Bertz CT molecular complexity index is 686. The Kier molecular flexibility index (Phi) is 9.52. The predicted octanol–water partition coefficient (Wildman–Crippen LogP) is 4.89. The lowest BCUT2D eigenvalue weighted by molar-refractivity contribution is -0.134. The zero-order valence-corrected chi connectivity index (χ0v) is 21.7.